The van der Waals surface area contributed by atoms with Crippen molar-refractivity contribution in [1.29, 1.82) is 5.26 Å². The van der Waals surface area contributed by atoms with E-state index in [0.29, 0.717) is 23.4 Å². The number of nitrogens with two attached hydrogens (primary N) is 1. The molecule has 1 aromatic rings. The molecule has 1 aromatic heterocycles. The molecule has 0 radical (unpaired) electrons. The number of hydrogen-bond donors (Lipinski definition) is 1. The van der Waals surface area contributed by atoms with Gasteiger partial charge in [0.25, 0.3) is 0 Å². The largest absolute Gasteiger partial charge is 0.389 e. The van der Waals surface area contributed by atoms with Crippen LogP contribution in [0.25, 0.3) is 0 Å². The van der Waals surface area contributed by atoms with E-state index in [1.165, 1.54) is 11.3 Å². The molecule has 2 nitrogen and oxygen atoms in total. The maximum Gasteiger partial charge on any atom is 0.110 e. The van der Waals surface area contributed by atoms with Crippen molar-refractivity contribution in [2.75, 3.05) is 5.73 Å². The number of thiophene rings is 1. The number of nitriles is 1. The maximum atomic E-state index is 13.8. The highest BCUT2D eigenvalue weighted by Crippen LogP contribution is 2.46. The van der Waals surface area contributed by atoms with Gasteiger partial charge in [-0.15, -0.1) is 11.3 Å². The highest BCUT2D eigenvalue weighted by atomic mass is 32.1. The van der Waals surface area contributed by atoms with Gasteiger partial charge in [-0.05, 0) is 18.4 Å². The lowest BCUT2D eigenvalue weighted by atomic mass is 9.73. The Balaban J connectivity index is 0.000000686. The van der Waals surface area contributed by atoms with E-state index < -0.39 is 11.6 Å². The Bertz CT molecular complexity index is 443. The summed E-state index contributed by atoms with van der Waals surface area (Å²) in [5.74, 6) is 0. The Morgan fingerprint density at radius 1 is 1.47 bits per heavy atom. The molecule has 94 valence electrons. The zero-order valence-electron chi connectivity index (χ0n) is 10.8. The summed E-state index contributed by atoms with van der Waals surface area (Å²) in [6, 6.07) is 2.10. The fourth-order valence-electron chi connectivity index (χ4n) is 2.24. The normalized spacial score (nSPS) is 20.8. The van der Waals surface area contributed by atoms with Gasteiger partial charge in [0.1, 0.15) is 17.2 Å². The van der Waals surface area contributed by atoms with Gasteiger partial charge in [0.2, 0.25) is 0 Å². The van der Waals surface area contributed by atoms with Crippen molar-refractivity contribution in [3.63, 3.8) is 0 Å². The lowest BCUT2D eigenvalue weighted by molar-refractivity contribution is 0.191. The number of halogens is 1. The Kier molecular flexibility index (Phi) is 4.16. The molecule has 0 saturated heterocycles. The van der Waals surface area contributed by atoms with E-state index in [0.717, 1.165) is 10.4 Å². The number of alkyl halides is 1. The van der Waals surface area contributed by atoms with Crippen LogP contribution in [0.15, 0.2) is 0 Å². The van der Waals surface area contributed by atoms with E-state index in [1.807, 2.05) is 27.7 Å². The second kappa shape index (κ2) is 5.05. The minimum absolute atomic E-state index is 0.488. The van der Waals surface area contributed by atoms with Crippen LogP contribution in [0.2, 0.25) is 0 Å². The highest BCUT2D eigenvalue weighted by Gasteiger charge is 2.40. The second-order valence-corrected chi connectivity index (χ2v) is 5.62. The number of aryl methyl sites for hydroxylation is 1. The molecule has 0 fully saturated rings. The van der Waals surface area contributed by atoms with Crippen molar-refractivity contribution >= 4 is 16.3 Å². The summed E-state index contributed by atoms with van der Waals surface area (Å²) in [4.78, 5) is 1.09. The van der Waals surface area contributed by atoms with Gasteiger partial charge in [0.15, 0.2) is 0 Å². The first kappa shape index (κ1) is 14.0. The number of hydrogen-bond acceptors (Lipinski definition) is 3. The number of nitrogens with zero attached hydrogens (tertiary/aromatic N) is 1. The number of rotatable bonds is 0. The van der Waals surface area contributed by atoms with Crippen LogP contribution in [0.4, 0.5) is 9.39 Å². The predicted molar refractivity (Wildman–Crippen MR) is 71.0 cm³/mol. The first-order valence-corrected chi connectivity index (χ1v) is 6.76. The van der Waals surface area contributed by atoms with Gasteiger partial charge in [0, 0.05) is 10.3 Å². The Hall–Kier alpha value is -1.08. The van der Waals surface area contributed by atoms with E-state index in [1.54, 1.807) is 0 Å². The van der Waals surface area contributed by atoms with E-state index in [9.17, 15) is 4.39 Å². The van der Waals surface area contributed by atoms with Crippen LogP contribution in [0.3, 0.4) is 0 Å². The summed E-state index contributed by atoms with van der Waals surface area (Å²) in [5, 5.41) is 9.57. The molecule has 1 heterocycles. The summed E-state index contributed by atoms with van der Waals surface area (Å²) >= 11 is 1.43. The molecule has 1 aliphatic rings. The summed E-state index contributed by atoms with van der Waals surface area (Å²) < 4.78 is 13.8. The third-order valence-corrected chi connectivity index (χ3v) is 4.25. The lowest BCUT2D eigenvalue weighted by Gasteiger charge is -2.33. The summed E-state index contributed by atoms with van der Waals surface area (Å²) in [7, 11) is 0. The number of nitrogen functional groups attached to an aromatic ring is 1. The van der Waals surface area contributed by atoms with E-state index in [-0.39, 0.29) is 0 Å². The topological polar surface area (TPSA) is 49.8 Å². The molecule has 1 atom stereocenters. The van der Waals surface area contributed by atoms with Crippen LogP contribution in [0.1, 0.15) is 50.1 Å². The van der Waals surface area contributed by atoms with Gasteiger partial charge < -0.3 is 5.73 Å². The van der Waals surface area contributed by atoms with Crippen molar-refractivity contribution in [3.8, 4) is 6.07 Å². The molecule has 2 rings (SSSR count). The molecule has 0 bridgehead atoms. The zero-order chi connectivity index (χ0) is 13.2. The Labute approximate surface area is 106 Å². The van der Waals surface area contributed by atoms with Gasteiger partial charge in [-0.2, -0.15) is 5.26 Å². The molecule has 1 unspecified atom stereocenters. The zero-order valence-corrected chi connectivity index (χ0v) is 11.6. The van der Waals surface area contributed by atoms with Gasteiger partial charge in [-0.3, -0.25) is 0 Å². The standard InChI is InChI=1S/C11H13FN2S.C2H6/c1-11(2)8(12)4-3-7-9(11)6(5-13)10(14)15-7;1-2/h8H,3-4,14H2,1-2H3;1-2H3. The molecule has 0 saturated carbocycles. The molecule has 4 heteroatoms. The Morgan fingerprint density at radius 2 is 2.06 bits per heavy atom. The first-order chi connectivity index (χ1) is 7.98. The van der Waals surface area contributed by atoms with Crippen molar-refractivity contribution in [2.45, 2.75) is 52.1 Å². The van der Waals surface area contributed by atoms with Crippen LogP contribution in [-0.4, -0.2) is 6.17 Å². The Morgan fingerprint density at radius 3 is 2.59 bits per heavy atom. The quantitative estimate of drug-likeness (QED) is 0.765. The van der Waals surface area contributed by atoms with Crippen LogP contribution in [-0.2, 0) is 11.8 Å². The third kappa shape index (κ3) is 2.16. The lowest BCUT2D eigenvalue weighted by Crippen LogP contribution is -2.35. The average molecular weight is 254 g/mol. The van der Waals surface area contributed by atoms with Gasteiger partial charge in [-0.1, -0.05) is 27.7 Å². The summed E-state index contributed by atoms with van der Waals surface area (Å²) in [6.45, 7) is 7.70. The SMILES string of the molecule is CC.CC1(C)c2c(sc(N)c2C#N)CCC1F. The fraction of sp³-hybridized carbons (Fsp3) is 0.615. The minimum atomic E-state index is -0.883. The summed E-state index contributed by atoms with van der Waals surface area (Å²) in [6.07, 6.45) is 0.354. The molecule has 1 aliphatic carbocycles. The minimum Gasteiger partial charge on any atom is -0.389 e. The predicted octanol–water partition coefficient (Wildman–Crippen LogP) is 3.79. The van der Waals surface area contributed by atoms with Crippen molar-refractivity contribution in [1.82, 2.24) is 0 Å². The van der Waals surface area contributed by atoms with Crippen molar-refractivity contribution in [2.24, 2.45) is 0 Å². The summed E-state index contributed by atoms with van der Waals surface area (Å²) in [5.41, 5.74) is 6.52. The smallest absolute Gasteiger partial charge is 0.110 e. The molecule has 17 heavy (non-hydrogen) atoms. The van der Waals surface area contributed by atoms with Gasteiger partial charge in [0.05, 0.1) is 5.56 Å². The van der Waals surface area contributed by atoms with E-state index >= 15 is 0 Å². The van der Waals surface area contributed by atoms with Gasteiger partial charge >= 0.3 is 0 Å². The molecular weight excluding hydrogens is 235 g/mol. The van der Waals surface area contributed by atoms with Crippen LogP contribution >= 0.6 is 11.3 Å². The van der Waals surface area contributed by atoms with Crippen molar-refractivity contribution < 1.29 is 4.39 Å². The molecule has 0 aliphatic heterocycles. The van der Waals surface area contributed by atoms with E-state index in [4.69, 9.17) is 11.0 Å². The van der Waals surface area contributed by atoms with Crippen LogP contribution in [0, 0.1) is 11.3 Å². The van der Waals surface area contributed by atoms with Crippen LogP contribution in [0.5, 0.6) is 0 Å². The molecular formula is C13H19FN2S. The highest BCUT2D eigenvalue weighted by molar-refractivity contribution is 7.16. The fourth-order valence-corrected chi connectivity index (χ4v) is 3.44. The molecule has 0 amide bonds. The molecule has 0 spiro atoms. The van der Waals surface area contributed by atoms with Crippen LogP contribution < -0.4 is 5.73 Å². The molecule has 0 aromatic carbocycles. The van der Waals surface area contributed by atoms with Gasteiger partial charge in [-0.25, -0.2) is 4.39 Å². The van der Waals surface area contributed by atoms with Crippen molar-refractivity contribution in [3.05, 3.63) is 16.0 Å². The second-order valence-electron chi connectivity index (χ2n) is 4.48. The van der Waals surface area contributed by atoms with E-state index in [2.05, 4.69) is 6.07 Å². The number of anilines is 1. The molecule has 2 N–H and O–H groups in total. The monoisotopic (exact) mass is 254 g/mol. The third-order valence-electron chi connectivity index (χ3n) is 3.17. The number of fused-ring (bicyclic) bond motifs is 1. The maximum absolute atomic E-state index is 13.8. The average Bonchev–Trinajstić information content (AvgIpc) is 2.64. The first-order valence-electron chi connectivity index (χ1n) is 5.94.